The second-order valence-electron chi connectivity index (χ2n) is 4.06. The summed E-state index contributed by atoms with van der Waals surface area (Å²) in [5, 5.41) is 19.8. The highest BCUT2D eigenvalue weighted by atomic mass is 79.9. The third-order valence-electron chi connectivity index (χ3n) is 2.83. The number of hydrogen-bond acceptors (Lipinski definition) is 4. The highest BCUT2D eigenvalue weighted by Crippen LogP contribution is 2.22. The van der Waals surface area contributed by atoms with E-state index in [4.69, 9.17) is 5.11 Å². The largest absolute Gasteiger partial charge is 0.478 e. The number of rotatable bonds is 5. The van der Waals surface area contributed by atoms with Crippen LogP contribution in [-0.4, -0.2) is 20.6 Å². The number of nitro groups is 1. The maximum atomic E-state index is 12.0. The van der Waals surface area contributed by atoms with Gasteiger partial charge in [-0.1, -0.05) is 13.0 Å². The van der Waals surface area contributed by atoms with Gasteiger partial charge >= 0.3 is 5.97 Å². The molecule has 108 valence electrons. The lowest BCUT2D eigenvalue weighted by molar-refractivity contribution is -0.386. The summed E-state index contributed by atoms with van der Waals surface area (Å²) < 4.78 is 1.21. The Morgan fingerprint density at radius 2 is 2.20 bits per heavy atom. The third kappa shape index (κ3) is 3.32. The van der Waals surface area contributed by atoms with E-state index in [0.29, 0.717) is 6.42 Å². The molecule has 7 nitrogen and oxygen atoms in total. The Labute approximate surface area is 122 Å². The van der Waals surface area contributed by atoms with Crippen LogP contribution in [0.1, 0.15) is 18.9 Å². The second-order valence-corrected chi connectivity index (χ2v) is 4.85. The monoisotopic (exact) mass is 344 g/mol. The van der Waals surface area contributed by atoms with Crippen molar-refractivity contribution in [2.75, 3.05) is 0 Å². The Morgan fingerprint density at radius 1 is 1.60 bits per heavy atom. The molecule has 0 spiro atoms. The van der Waals surface area contributed by atoms with Gasteiger partial charge in [0.2, 0.25) is 0 Å². The molecule has 0 saturated heterocycles. The summed E-state index contributed by atoms with van der Waals surface area (Å²) in [6, 6.07) is 0. The highest BCUT2D eigenvalue weighted by Gasteiger charge is 2.18. The van der Waals surface area contributed by atoms with E-state index in [1.807, 2.05) is 0 Å². The molecule has 0 atom stereocenters. The van der Waals surface area contributed by atoms with Gasteiger partial charge in [-0.3, -0.25) is 14.9 Å². The van der Waals surface area contributed by atoms with E-state index in [1.165, 1.54) is 13.0 Å². The van der Waals surface area contributed by atoms with E-state index in [-0.39, 0.29) is 27.8 Å². The van der Waals surface area contributed by atoms with Crippen LogP contribution >= 0.6 is 15.9 Å². The van der Waals surface area contributed by atoms with Crippen molar-refractivity contribution in [2.45, 2.75) is 26.8 Å². The first-order chi connectivity index (χ1) is 9.29. The first kappa shape index (κ1) is 16.1. The number of pyridine rings is 1. The van der Waals surface area contributed by atoms with Crippen molar-refractivity contribution >= 4 is 27.6 Å². The first-order valence-electron chi connectivity index (χ1n) is 5.75. The minimum atomic E-state index is -1.07. The summed E-state index contributed by atoms with van der Waals surface area (Å²) in [6.45, 7) is 3.11. The van der Waals surface area contributed by atoms with Crippen molar-refractivity contribution in [3.05, 3.63) is 48.4 Å². The van der Waals surface area contributed by atoms with Crippen LogP contribution in [0.2, 0.25) is 0 Å². The standard InChI is InChI=1S/C12H13BrN2O5/c1-3-8(12(17)18)4-5-14-6-9(15(19)20)7(2)10(13)11(14)16/h4,6H,3,5H2,1-2H3,(H,17,18)/b8-4-. The van der Waals surface area contributed by atoms with Crippen LogP contribution in [-0.2, 0) is 11.3 Å². The van der Waals surface area contributed by atoms with Crippen LogP contribution < -0.4 is 5.56 Å². The SMILES string of the molecule is CC/C(=C/Cn1cc([N+](=O)[O-])c(C)c(Br)c1=O)C(=O)O. The summed E-state index contributed by atoms with van der Waals surface area (Å²) >= 11 is 3.03. The summed E-state index contributed by atoms with van der Waals surface area (Å²) in [6.07, 6.45) is 2.79. The minimum absolute atomic E-state index is 0.0337. The van der Waals surface area contributed by atoms with Crippen LogP contribution in [0.5, 0.6) is 0 Å². The summed E-state index contributed by atoms with van der Waals surface area (Å²) in [7, 11) is 0. The fourth-order valence-electron chi connectivity index (χ4n) is 1.61. The average molecular weight is 345 g/mol. The van der Waals surface area contributed by atoms with Crippen LogP contribution in [0.4, 0.5) is 5.69 Å². The van der Waals surface area contributed by atoms with Gasteiger partial charge in [0.1, 0.15) is 0 Å². The molecule has 0 unspecified atom stereocenters. The highest BCUT2D eigenvalue weighted by molar-refractivity contribution is 9.10. The van der Waals surface area contributed by atoms with E-state index in [1.54, 1.807) is 6.92 Å². The molecule has 0 aliphatic rings. The van der Waals surface area contributed by atoms with Gasteiger partial charge in [-0.2, -0.15) is 0 Å². The zero-order chi connectivity index (χ0) is 15.4. The smallest absolute Gasteiger partial charge is 0.331 e. The van der Waals surface area contributed by atoms with Gasteiger partial charge in [-0.05, 0) is 29.3 Å². The molecule has 0 aromatic carbocycles. The number of nitrogens with zero attached hydrogens (tertiary/aromatic N) is 2. The normalized spacial score (nSPS) is 11.4. The molecule has 1 heterocycles. The molecule has 0 aliphatic heterocycles. The fourth-order valence-corrected chi connectivity index (χ4v) is 2.04. The quantitative estimate of drug-likeness (QED) is 0.501. The lowest BCUT2D eigenvalue weighted by Crippen LogP contribution is -2.22. The minimum Gasteiger partial charge on any atom is -0.478 e. The molecule has 1 aromatic rings. The van der Waals surface area contributed by atoms with Gasteiger partial charge < -0.3 is 9.67 Å². The van der Waals surface area contributed by atoms with Gasteiger partial charge in [0.05, 0.1) is 15.6 Å². The maximum absolute atomic E-state index is 12.0. The number of hydrogen-bond donors (Lipinski definition) is 1. The average Bonchev–Trinajstić information content (AvgIpc) is 2.38. The summed E-state index contributed by atoms with van der Waals surface area (Å²) in [5.41, 5.74) is -0.242. The molecule has 1 rings (SSSR count). The molecule has 1 N–H and O–H groups in total. The Morgan fingerprint density at radius 3 is 2.65 bits per heavy atom. The third-order valence-corrected chi connectivity index (χ3v) is 3.76. The summed E-state index contributed by atoms with van der Waals surface area (Å²) in [4.78, 5) is 33.1. The van der Waals surface area contributed by atoms with Crippen molar-refractivity contribution in [2.24, 2.45) is 0 Å². The topological polar surface area (TPSA) is 102 Å². The number of carboxylic acid groups (broad SMARTS) is 1. The van der Waals surface area contributed by atoms with Gasteiger partial charge in [0.15, 0.2) is 0 Å². The molecule has 0 aliphatic carbocycles. The van der Waals surface area contributed by atoms with Crippen LogP contribution in [0, 0.1) is 17.0 Å². The van der Waals surface area contributed by atoms with E-state index in [2.05, 4.69) is 15.9 Å². The number of aromatic nitrogens is 1. The number of carbonyl (C=O) groups is 1. The lowest BCUT2D eigenvalue weighted by atomic mass is 10.2. The van der Waals surface area contributed by atoms with Crippen molar-refractivity contribution in [3.63, 3.8) is 0 Å². The molecule has 0 saturated carbocycles. The fraction of sp³-hybridized carbons (Fsp3) is 0.333. The molecular weight excluding hydrogens is 332 g/mol. The van der Waals surface area contributed by atoms with Crippen molar-refractivity contribution in [1.82, 2.24) is 4.57 Å². The maximum Gasteiger partial charge on any atom is 0.331 e. The molecule has 0 bridgehead atoms. The Bertz CT molecular complexity index is 648. The van der Waals surface area contributed by atoms with Gasteiger partial charge in [-0.15, -0.1) is 0 Å². The first-order valence-corrected chi connectivity index (χ1v) is 6.55. The molecule has 20 heavy (non-hydrogen) atoms. The molecule has 1 aromatic heterocycles. The van der Waals surface area contributed by atoms with Gasteiger partial charge in [-0.25, -0.2) is 4.79 Å². The van der Waals surface area contributed by atoms with Gasteiger partial charge in [0, 0.05) is 17.7 Å². The molecule has 0 fully saturated rings. The zero-order valence-electron chi connectivity index (χ0n) is 10.9. The zero-order valence-corrected chi connectivity index (χ0v) is 12.5. The Balaban J connectivity index is 3.30. The van der Waals surface area contributed by atoms with Crippen LogP contribution in [0.15, 0.2) is 27.1 Å². The summed E-state index contributed by atoms with van der Waals surface area (Å²) in [5.74, 6) is -1.07. The van der Waals surface area contributed by atoms with E-state index in [0.717, 1.165) is 10.8 Å². The number of halogens is 1. The van der Waals surface area contributed by atoms with E-state index in [9.17, 15) is 19.7 Å². The van der Waals surface area contributed by atoms with Gasteiger partial charge in [0.25, 0.3) is 11.2 Å². The van der Waals surface area contributed by atoms with Crippen molar-refractivity contribution < 1.29 is 14.8 Å². The molecule has 0 radical (unpaired) electrons. The molecular formula is C12H13BrN2O5. The number of carboxylic acids is 1. The predicted octanol–water partition coefficient (Wildman–Crippen LogP) is 2.25. The Kier molecular flexibility index (Phi) is 5.20. The van der Waals surface area contributed by atoms with E-state index < -0.39 is 16.5 Å². The van der Waals surface area contributed by atoms with Crippen molar-refractivity contribution in [3.8, 4) is 0 Å². The Hall–Kier alpha value is -1.96. The second kappa shape index (κ2) is 6.47. The lowest BCUT2D eigenvalue weighted by Gasteiger charge is -2.07. The van der Waals surface area contributed by atoms with Crippen LogP contribution in [0.25, 0.3) is 0 Å². The van der Waals surface area contributed by atoms with E-state index >= 15 is 0 Å². The number of aliphatic carboxylic acids is 1. The number of allylic oxidation sites excluding steroid dienone is 1. The molecule has 0 amide bonds. The van der Waals surface area contributed by atoms with Crippen LogP contribution in [0.3, 0.4) is 0 Å². The predicted molar refractivity (Wildman–Crippen MR) is 75.8 cm³/mol. The van der Waals surface area contributed by atoms with Crippen molar-refractivity contribution in [1.29, 1.82) is 0 Å². The molecule has 8 heteroatoms.